The number of nitrogens with zero attached hydrogens (tertiary/aromatic N) is 1. The van der Waals surface area contributed by atoms with Crippen molar-refractivity contribution in [3.05, 3.63) is 0 Å². The van der Waals surface area contributed by atoms with Crippen molar-refractivity contribution in [2.24, 2.45) is 28.6 Å². The molecule has 1 heterocycles. The minimum absolute atomic E-state index is 0.000937. The Morgan fingerprint density at radius 1 is 0.922 bits per heavy atom. The fourth-order valence-corrected chi connectivity index (χ4v) is 9.88. The molecule has 14 heteroatoms. The number of urea groups is 1. The van der Waals surface area contributed by atoms with E-state index in [9.17, 15) is 37.5 Å². The molecule has 5 atom stereocenters. The molecular weight excluding hydrogens is 675 g/mol. The van der Waals surface area contributed by atoms with E-state index in [1.807, 2.05) is 20.8 Å². The van der Waals surface area contributed by atoms with E-state index in [1.165, 1.54) is 18.7 Å². The Morgan fingerprint density at radius 2 is 1.55 bits per heavy atom. The highest BCUT2D eigenvalue weighted by atomic mass is 32.2. The quantitative estimate of drug-likeness (QED) is 0.159. The van der Waals surface area contributed by atoms with E-state index in [2.05, 4.69) is 35.1 Å². The number of sulfone groups is 1. The molecule has 5 aliphatic rings. The van der Waals surface area contributed by atoms with Crippen molar-refractivity contribution in [1.82, 2.24) is 26.2 Å². The monoisotopic (exact) mass is 735 g/mol. The number of aliphatic hydroxyl groups excluding tert-OH is 1. The van der Waals surface area contributed by atoms with E-state index in [-0.39, 0.29) is 29.0 Å². The van der Waals surface area contributed by atoms with Crippen LogP contribution in [0.3, 0.4) is 0 Å². The van der Waals surface area contributed by atoms with E-state index < -0.39 is 79.8 Å². The SMILES string of the molecule is CC(C)(C)[C@H](NC(=O)NC1(CS(=O)(=O)C(C)(C)CO)CCCCC1)C(=O)N1C[C@H]2[C@@H]([C@H]1C(=O)NC(CCC1CC1)C(=O)C(=O)NC1CC1)C2(C)C. The predicted octanol–water partition coefficient (Wildman–Crippen LogP) is 2.59. The van der Waals surface area contributed by atoms with Crippen molar-refractivity contribution < 1.29 is 37.5 Å². The van der Waals surface area contributed by atoms with Gasteiger partial charge in [0, 0.05) is 12.6 Å². The summed E-state index contributed by atoms with van der Waals surface area (Å²) in [5.74, 6) is -2.19. The van der Waals surface area contributed by atoms with Gasteiger partial charge in [-0.25, -0.2) is 13.2 Å². The average Bonchev–Trinajstić information content (AvgIpc) is 4.00. The number of aliphatic hydroxyl groups is 1. The lowest BCUT2D eigenvalue weighted by molar-refractivity contribution is -0.145. The van der Waals surface area contributed by atoms with E-state index in [1.54, 1.807) is 0 Å². The molecule has 5 rings (SSSR count). The van der Waals surface area contributed by atoms with Crippen molar-refractivity contribution in [3.8, 4) is 0 Å². The molecule has 5 N–H and O–H groups in total. The maximum atomic E-state index is 14.5. The number of ketones is 1. The number of likely N-dealkylation sites (tertiary alicyclic amines) is 1. The summed E-state index contributed by atoms with van der Waals surface area (Å²) in [6, 6.07) is -3.60. The van der Waals surface area contributed by atoms with Gasteiger partial charge < -0.3 is 31.3 Å². The van der Waals surface area contributed by atoms with E-state index >= 15 is 0 Å². The Bertz CT molecular complexity index is 1490. The first-order valence-corrected chi connectivity index (χ1v) is 20.6. The molecule has 13 nitrogen and oxygen atoms in total. The van der Waals surface area contributed by atoms with Crippen LogP contribution in [0.15, 0.2) is 0 Å². The van der Waals surface area contributed by atoms with E-state index in [0.29, 0.717) is 31.7 Å². The number of piperidine rings is 1. The largest absolute Gasteiger partial charge is 0.395 e. The molecule has 5 amide bonds. The molecule has 0 aromatic carbocycles. The van der Waals surface area contributed by atoms with Crippen LogP contribution < -0.4 is 21.3 Å². The highest BCUT2D eigenvalue weighted by molar-refractivity contribution is 7.92. The van der Waals surface area contributed by atoms with Gasteiger partial charge >= 0.3 is 6.03 Å². The van der Waals surface area contributed by atoms with Crippen LogP contribution in [0.5, 0.6) is 0 Å². The third-order valence-corrected chi connectivity index (χ3v) is 15.1. The fraction of sp³-hybridized carbons (Fsp3) is 0.865. The number of fused-ring (bicyclic) bond motifs is 1. The van der Waals surface area contributed by atoms with Crippen LogP contribution in [0.2, 0.25) is 0 Å². The van der Waals surface area contributed by atoms with Gasteiger partial charge in [0.2, 0.25) is 17.6 Å². The van der Waals surface area contributed by atoms with Crippen LogP contribution >= 0.6 is 0 Å². The third kappa shape index (κ3) is 8.74. The normalized spacial score (nSPS) is 26.7. The van der Waals surface area contributed by atoms with Gasteiger partial charge in [0.1, 0.15) is 12.1 Å². The predicted molar refractivity (Wildman–Crippen MR) is 192 cm³/mol. The molecule has 0 aromatic rings. The van der Waals surface area contributed by atoms with Crippen molar-refractivity contribution in [1.29, 1.82) is 0 Å². The van der Waals surface area contributed by atoms with Gasteiger partial charge in [-0.2, -0.15) is 0 Å². The Kier molecular flexibility index (Phi) is 11.0. The van der Waals surface area contributed by atoms with Crippen LogP contribution in [0, 0.1) is 28.6 Å². The molecule has 5 fully saturated rings. The zero-order chi connectivity index (χ0) is 37.7. The van der Waals surface area contributed by atoms with Gasteiger partial charge in [0.15, 0.2) is 9.84 Å². The zero-order valence-electron chi connectivity index (χ0n) is 31.6. The molecule has 1 saturated heterocycles. The first-order valence-electron chi connectivity index (χ1n) is 19.0. The molecule has 0 spiro atoms. The molecular formula is C37H61N5O8S. The summed E-state index contributed by atoms with van der Waals surface area (Å²) in [6.07, 6.45) is 8.14. The van der Waals surface area contributed by atoms with Crippen LogP contribution in [0.25, 0.3) is 0 Å². The van der Waals surface area contributed by atoms with Crippen LogP contribution in [0.1, 0.15) is 119 Å². The maximum Gasteiger partial charge on any atom is 0.315 e. The molecule has 4 saturated carbocycles. The minimum Gasteiger partial charge on any atom is -0.395 e. The Morgan fingerprint density at radius 3 is 2.10 bits per heavy atom. The number of carbonyl (C=O) groups excluding carboxylic acids is 5. The molecule has 0 aromatic heterocycles. The van der Waals surface area contributed by atoms with Crippen molar-refractivity contribution >= 4 is 39.4 Å². The average molecular weight is 736 g/mol. The summed E-state index contributed by atoms with van der Waals surface area (Å²) in [4.78, 5) is 70.1. The summed E-state index contributed by atoms with van der Waals surface area (Å²) in [7, 11) is -3.82. The molecule has 0 radical (unpaired) electrons. The lowest BCUT2D eigenvalue weighted by atomic mass is 9.83. The lowest BCUT2D eigenvalue weighted by Crippen LogP contribution is -2.64. The maximum absolute atomic E-state index is 14.5. The zero-order valence-corrected chi connectivity index (χ0v) is 32.4. The Balaban J connectivity index is 1.33. The second-order valence-electron chi connectivity index (χ2n) is 18.5. The number of nitrogens with one attached hydrogen (secondary N) is 4. The fourth-order valence-electron chi connectivity index (χ4n) is 8.20. The summed E-state index contributed by atoms with van der Waals surface area (Å²) >= 11 is 0. The van der Waals surface area contributed by atoms with Crippen LogP contribution in [-0.4, -0.2) is 101 Å². The minimum atomic E-state index is -3.82. The number of rotatable bonds is 15. The Labute approximate surface area is 303 Å². The van der Waals surface area contributed by atoms with Gasteiger partial charge in [-0.1, -0.05) is 66.7 Å². The highest BCUT2D eigenvalue weighted by Crippen LogP contribution is 2.65. The number of hydrogen-bond acceptors (Lipinski definition) is 8. The van der Waals surface area contributed by atoms with E-state index in [0.717, 1.165) is 51.4 Å². The molecule has 4 aliphatic carbocycles. The van der Waals surface area contributed by atoms with Crippen LogP contribution in [-0.2, 0) is 29.0 Å². The lowest BCUT2D eigenvalue weighted by Gasteiger charge is -2.41. The first-order chi connectivity index (χ1) is 23.6. The number of carbonyl (C=O) groups is 5. The molecule has 0 bridgehead atoms. The number of Topliss-reactive ketones (excluding diaryl/α,β-unsaturated/α-hetero) is 1. The summed E-state index contributed by atoms with van der Waals surface area (Å²) in [6.45, 7) is 12.3. The van der Waals surface area contributed by atoms with E-state index in [4.69, 9.17) is 0 Å². The van der Waals surface area contributed by atoms with Gasteiger partial charge in [-0.3, -0.25) is 19.2 Å². The van der Waals surface area contributed by atoms with Gasteiger partial charge in [-0.05, 0) is 81.0 Å². The van der Waals surface area contributed by atoms with Gasteiger partial charge in [0.05, 0.1) is 28.7 Å². The second kappa shape index (κ2) is 14.2. The number of amides is 5. The Hall–Kier alpha value is -2.74. The highest BCUT2D eigenvalue weighted by Gasteiger charge is 2.70. The molecule has 51 heavy (non-hydrogen) atoms. The topological polar surface area (TPSA) is 191 Å². The first kappa shape index (κ1) is 39.5. The molecule has 1 aliphatic heterocycles. The van der Waals surface area contributed by atoms with Crippen molar-refractivity contribution in [2.45, 2.75) is 154 Å². The summed E-state index contributed by atoms with van der Waals surface area (Å²) < 4.78 is 25.4. The third-order valence-electron chi connectivity index (χ3n) is 12.4. The van der Waals surface area contributed by atoms with Crippen LogP contribution in [0.4, 0.5) is 4.79 Å². The molecule has 1 unspecified atom stereocenters. The second-order valence-corrected chi connectivity index (χ2v) is 21.1. The van der Waals surface area contributed by atoms with Crippen molar-refractivity contribution in [2.75, 3.05) is 18.9 Å². The standard InChI is InChI=1S/C37H61N5O8S/c1-34(2,3)29(40-33(48)41-37(17-9-8-10-18-37)21-51(49,50)35(4,5)20-43)32(47)42-19-24-26(36(24,6)7)27(42)30(45)39-25(16-13-22-11-12-22)28(44)31(46)38-23-14-15-23/h22-27,29,43H,8-21H2,1-7H3,(H,38,46)(H,39,45)(H2,40,41,48)/t24-,25?,26-,27-,29+/m0/s1. The smallest absolute Gasteiger partial charge is 0.315 e. The van der Waals surface area contributed by atoms with Gasteiger partial charge in [0.25, 0.3) is 5.91 Å². The van der Waals surface area contributed by atoms with Crippen molar-refractivity contribution in [3.63, 3.8) is 0 Å². The summed E-state index contributed by atoms with van der Waals surface area (Å²) in [5, 5.41) is 21.3. The summed E-state index contributed by atoms with van der Waals surface area (Å²) in [5.41, 5.74) is -2.06. The van der Waals surface area contributed by atoms with Gasteiger partial charge in [-0.15, -0.1) is 0 Å². The molecule has 288 valence electrons. The number of hydrogen-bond donors (Lipinski definition) is 5.